The third kappa shape index (κ3) is 3.68. The third-order valence-electron chi connectivity index (χ3n) is 4.47. The maximum Gasteiger partial charge on any atom is 0.244 e. The van der Waals surface area contributed by atoms with Gasteiger partial charge in [0.2, 0.25) is 5.91 Å². The molecule has 1 aromatic carbocycles. The summed E-state index contributed by atoms with van der Waals surface area (Å²) in [5.74, 6) is 1.91. The molecule has 0 radical (unpaired) electrons. The lowest BCUT2D eigenvalue weighted by Crippen LogP contribution is -2.28. The van der Waals surface area contributed by atoms with Gasteiger partial charge in [-0.25, -0.2) is 0 Å². The van der Waals surface area contributed by atoms with E-state index in [-0.39, 0.29) is 11.9 Å². The Balaban J connectivity index is 1.48. The van der Waals surface area contributed by atoms with Gasteiger partial charge in [-0.1, -0.05) is 6.07 Å². The topological polar surface area (TPSA) is 65.4 Å². The summed E-state index contributed by atoms with van der Waals surface area (Å²) in [5, 5.41) is 7.22. The molecule has 130 valence electrons. The molecule has 0 spiro atoms. The van der Waals surface area contributed by atoms with Gasteiger partial charge in [0.25, 0.3) is 0 Å². The van der Waals surface area contributed by atoms with E-state index in [1.54, 1.807) is 23.0 Å². The second-order valence-corrected chi connectivity index (χ2v) is 6.51. The number of hydrogen-bond donors (Lipinski definition) is 1. The van der Waals surface area contributed by atoms with Crippen LogP contribution in [0.25, 0.3) is 6.08 Å². The first-order valence-electron chi connectivity index (χ1n) is 8.56. The fraction of sp³-hybridized carbons (Fsp3) is 0.368. The number of fused-ring (bicyclic) bond motifs is 1. The number of aromatic nitrogens is 2. The van der Waals surface area contributed by atoms with Gasteiger partial charge in [-0.05, 0) is 42.5 Å². The summed E-state index contributed by atoms with van der Waals surface area (Å²) in [6, 6.07) is 5.93. The number of amides is 1. The summed E-state index contributed by atoms with van der Waals surface area (Å²) in [5.41, 5.74) is 1.97. The number of benzene rings is 1. The molecular weight excluding hydrogens is 318 g/mol. The zero-order valence-electron chi connectivity index (χ0n) is 14.1. The van der Waals surface area contributed by atoms with E-state index in [1.807, 2.05) is 31.4 Å². The molecule has 1 saturated carbocycles. The highest BCUT2D eigenvalue weighted by Gasteiger charge is 2.33. The van der Waals surface area contributed by atoms with Crippen molar-refractivity contribution in [2.75, 3.05) is 13.2 Å². The summed E-state index contributed by atoms with van der Waals surface area (Å²) >= 11 is 0. The van der Waals surface area contributed by atoms with E-state index in [1.165, 1.54) is 0 Å². The van der Waals surface area contributed by atoms with Gasteiger partial charge in [-0.3, -0.25) is 9.48 Å². The molecule has 6 heteroatoms. The summed E-state index contributed by atoms with van der Waals surface area (Å²) < 4.78 is 12.9. The quantitative estimate of drug-likeness (QED) is 0.850. The number of rotatable bonds is 5. The SMILES string of the molecule is Cn1cc(/C=C/C(=O)N[C@@H](c2ccc3c(c2)OCCO3)C2CC2)cn1. The summed E-state index contributed by atoms with van der Waals surface area (Å²) in [6.45, 7) is 1.14. The van der Waals surface area contributed by atoms with Crippen LogP contribution in [0.3, 0.4) is 0 Å². The van der Waals surface area contributed by atoms with Gasteiger partial charge >= 0.3 is 0 Å². The van der Waals surface area contributed by atoms with Gasteiger partial charge < -0.3 is 14.8 Å². The number of nitrogens with zero attached hydrogens (tertiary/aromatic N) is 2. The van der Waals surface area contributed by atoms with Crippen LogP contribution in [-0.2, 0) is 11.8 Å². The molecular formula is C19H21N3O3. The Bertz CT molecular complexity index is 808. The highest BCUT2D eigenvalue weighted by Crippen LogP contribution is 2.43. The van der Waals surface area contributed by atoms with E-state index in [9.17, 15) is 4.79 Å². The first-order chi connectivity index (χ1) is 12.2. The number of carbonyl (C=O) groups excluding carboxylic acids is 1. The number of nitrogens with one attached hydrogen (secondary N) is 1. The highest BCUT2D eigenvalue weighted by molar-refractivity contribution is 5.92. The van der Waals surface area contributed by atoms with Crippen molar-refractivity contribution in [1.29, 1.82) is 0 Å². The molecule has 1 atom stereocenters. The number of carbonyl (C=O) groups is 1. The van der Waals surface area contributed by atoms with Crippen molar-refractivity contribution in [2.45, 2.75) is 18.9 Å². The van der Waals surface area contributed by atoms with Crippen molar-refractivity contribution < 1.29 is 14.3 Å². The minimum Gasteiger partial charge on any atom is -0.486 e. The van der Waals surface area contributed by atoms with Crippen LogP contribution in [0, 0.1) is 5.92 Å². The molecule has 2 heterocycles. The van der Waals surface area contributed by atoms with Gasteiger partial charge in [-0.2, -0.15) is 5.10 Å². The third-order valence-corrected chi connectivity index (χ3v) is 4.47. The first-order valence-corrected chi connectivity index (χ1v) is 8.56. The number of ether oxygens (including phenoxy) is 2. The summed E-state index contributed by atoms with van der Waals surface area (Å²) in [7, 11) is 1.85. The van der Waals surface area contributed by atoms with Gasteiger partial charge in [0, 0.05) is 24.9 Å². The minimum atomic E-state index is -0.101. The van der Waals surface area contributed by atoms with Crippen LogP contribution in [0.1, 0.15) is 30.0 Å². The molecule has 1 N–H and O–H groups in total. The lowest BCUT2D eigenvalue weighted by Gasteiger charge is -2.22. The van der Waals surface area contributed by atoms with Gasteiger partial charge in [-0.15, -0.1) is 0 Å². The smallest absolute Gasteiger partial charge is 0.244 e. The van der Waals surface area contributed by atoms with E-state index in [0.717, 1.165) is 35.5 Å². The van der Waals surface area contributed by atoms with Crippen LogP contribution in [0.2, 0.25) is 0 Å². The van der Waals surface area contributed by atoms with Crippen molar-refractivity contribution >= 4 is 12.0 Å². The fourth-order valence-corrected chi connectivity index (χ4v) is 3.06. The summed E-state index contributed by atoms with van der Waals surface area (Å²) in [6.07, 6.45) is 9.18. The molecule has 1 aliphatic carbocycles. The maximum absolute atomic E-state index is 12.3. The zero-order valence-corrected chi connectivity index (χ0v) is 14.1. The average Bonchev–Trinajstić information content (AvgIpc) is 3.39. The van der Waals surface area contributed by atoms with Gasteiger partial charge in [0.05, 0.1) is 12.2 Å². The molecule has 0 bridgehead atoms. The van der Waals surface area contributed by atoms with Crippen LogP contribution in [-0.4, -0.2) is 28.9 Å². The van der Waals surface area contributed by atoms with Gasteiger partial charge in [0.15, 0.2) is 11.5 Å². The van der Waals surface area contributed by atoms with E-state index in [0.29, 0.717) is 19.1 Å². The number of hydrogen-bond acceptors (Lipinski definition) is 4. The van der Waals surface area contributed by atoms with Crippen molar-refractivity contribution in [2.24, 2.45) is 13.0 Å². The Morgan fingerprint density at radius 3 is 2.84 bits per heavy atom. The molecule has 25 heavy (non-hydrogen) atoms. The Hall–Kier alpha value is -2.76. The van der Waals surface area contributed by atoms with Crippen LogP contribution in [0.5, 0.6) is 11.5 Å². The molecule has 1 amide bonds. The highest BCUT2D eigenvalue weighted by atomic mass is 16.6. The van der Waals surface area contributed by atoms with Crippen LogP contribution < -0.4 is 14.8 Å². The molecule has 4 rings (SSSR count). The van der Waals surface area contributed by atoms with Crippen LogP contribution >= 0.6 is 0 Å². The molecule has 1 aromatic heterocycles. The van der Waals surface area contributed by atoms with Crippen molar-refractivity contribution in [3.63, 3.8) is 0 Å². The van der Waals surface area contributed by atoms with Crippen molar-refractivity contribution in [1.82, 2.24) is 15.1 Å². The lowest BCUT2D eigenvalue weighted by molar-refractivity contribution is -0.117. The molecule has 0 unspecified atom stereocenters. The molecule has 0 saturated heterocycles. The largest absolute Gasteiger partial charge is 0.486 e. The molecule has 2 aliphatic rings. The Morgan fingerprint density at radius 1 is 1.32 bits per heavy atom. The fourth-order valence-electron chi connectivity index (χ4n) is 3.06. The van der Waals surface area contributed by atoms with Crippen LogP contribution in [0.15, 0.2) is 36.7 Å². The molecule has 2 aromatic rings. The normalized spacial score (nSPS) is 17.5. The van der Waals surface area contributed by atoms with Crippen LogP contribution in [0.4, 0.5) is 0 Å². The second kappa shape index (κ2) is 6.63. The van der Waals surface area contributed by atoms with E-state index < -0.39 is 0 Å². The zero-order chi connectivity index (χ0) is 17.2. The Morgan fingerprint density at radius 2 is 2.12 bits per heavy atom. The minimum absolute atomic E-state index is 0.00174. The molecule has 6 nitrogen and oxygen atoms in total. The lowest BCUT2D eigenvalue weighted by atomic mass is 10.0. The number of aryl methyl sites for hydroxylation is 1. The summed E-state index contributed by atoms with van der Waals surface area (Å²) in [4.78, 5) is 12.3. The van der Waals surface area contributed by atoms with E-state index in [4.69, 9.17) is 9.47 Å². The average molecular weight is 339 g/mol. The van der Waals surface area contributed by atoms with Crippen molar-refractivity contribution in [3.05, 3.63) is 47.8 Å². The Labute approximate surface area is 146 Å². The predicted octanol–water partition coefficient (Wildman–Crippen LogP) is 2.47. The van der Waals surface area contributed by atoms with E-state index >= 15 is 0 Å². The second-order valence-electron chi connectivity index (χ2n) is 6.51. The Kier molecular flexibility index (Phi) is 4.17. The van der Waals surface area contributed by atoms with Gasteiger partial charge in [0.1, 0.15) is 13.2 Å². The predicted molar refractivity (Wildman–Crippen MR) is 93.3 cm³/mol. The molecule has 1 aliphatic heterocycles. The maximum atomic E-state index is 12.3. The van der Waals surface area contributed by atoms with E-state index in [2.05, 4.69) is 10.4 Å². The molecule has 1 fully saturated rings. The monoisotopic (exact) mass is 339 g/mol. The first kappa shape index (κ1) is 15.7. The van der Waals surface area contributed by atoms with Crippen molar-refractivity contribution in [3.8, 4) is 11.5 Å². The standard InChI is InChI=1S/C19H21N3O3/c1-22-12-13(11-20-22)2-7-18(23)21-19(14-3-4-14)15-5-6-16-17(10-15)25-9-8-24-16/h2,5-7,10-12,14,19H,3-4,8-9H2,1H3,(H,21,23)/b7-2+/t19-/m1/s1.